The molecule has 134 valence electrons. The van der Waals surface area contributed by atoms with Crippen molar-refractivity contribution in [1.29, 1.82) is 0 Å². The fourth-order valence-corrected chi connectivity index (χ4v) is 2.36. The van der Waals surface area contributed by atoms with Gasteiger partial charge in [-0.05, 0) is 54.8 Å². The maximum absolute atomic E-state index is 13.6. The molecule has 0 atom stereocenters. The molecule has 0 fully saturated rings. The molecule has 2 aromatic rings. The van der Waals surface area contributed by atoms with Gasteiger partial charge in [-0.15, -0.1) is 0 Å². The highest BCUT2D eigenvalue weighted by Crippen LogP contribution is 2.21. The fourth-order valence-electron chi connectivity index (χ4n) is 2.24. The molecule has 4 nitrogen and oxygen atoms in total. The van der Waals surface area contributed by atoms with E-state index >= 15 is 0 Å². The molecule has 0 unspecified atom stereocenters. The molecule has 0 saturated heterocycles. The quantitative estimate of drug-likeness (QED) is 0.710. The number of ether oxygens (including phenoxy) is 2. The average Bonchev–Trinajstić information content (AvgIpc) is 2.60. The molecule has 2 aromatic carbocycles. The first-order valence-corrected chi connectivity index (χ1v) is 8.35. The zero-order valence-corrected chi connectivity index (χ0v) is 15.0. The Labute approximate surface area is 151 Å². The van der Waals surface area contributed by atoms with Crippen LogP contribution in [0.25, 0.3) is 0 Å². The first kappa shape index (κ1) is 19.1. The van der Waals surface area contributed by atoms with Gasteiger partial charge in [-0.3, -0.25) is 4.79 Å². The van der Waals surface area contributed by atoms with Gasteiger partial charge in [0, 0.05) is 18.0 Å². The lowest BCUT2D eigenvalue weighted by atomic mass is 10.2. The van der Waals surface area contributed by atoms with Crippen molar-refractivity contribution in [3.63, 3.8) is 0 Å². The van der Waals surface area contributed by atoms with E-state index in [0.29, 0.717) is 30.0 Å². The highest BCUT2D eigenvalue weighted by molar-refractivity contribution is 6.31. The summed E-state index contributed by atoms with van der Waals surface area (Å²) >= 11 is 5.96. The van der Waals surface area contributed by atoms with Gasteiger partial charge in [0.1, 0.15) is 5.75 Å². The Balaban J connectivity index is 1.68. The minimum Gasteiger partial charge on any atom is -0.494 e. The molecule has 0 aromatic heterocycles. The number of halogens is 2. The molecule has 0 saturated carbocycles. The van der Waals surface area contributed by atoms with Crippen molar-refractivity contribution in [2.24, 2.45) is 0 Å². The summed E-state index contributed by atoms with van der Waals surface area (Å²) in [6.07, 6.45) is 0.926. The lowest BCUT2D eigenvalue weighted by molar-refractivity contribution is -0.121. The van der Waals surface area contributed by atoms with Crippen LogP contribution in [0, 0.1) is 12.7 Å². The lowest BCUT2D eigenvalue weighted by Crippen LogP contribution is -2.23. The lowest BCUT2D eigenvalue weighted by Gasteiger charge is -2.09. The zero-order chi connectivity index (χ0) is 18.2. The monoisotopic (exact) mass is 365 g/mol. The maximum atomic E-state index is 13.6. The van der Waals surface area contributed by atoms with Crippen LogP contribution in [0.2, 0.25) is 5.02 Å². The number of carbonyl (C=O) groups excluding carboxylic acids is 1. The number of aryl methyl sites for hydroxylation is 1. The summed E-state index contributed by atoms with van der Waals surface area (Å²) in [5.41, 5.74) is 1.63. The number of amides is 1. The van der Waals surface area contributed by atoms with Crippen LogP contribution in [0.15, 0.2) is 36.4 Å². The molecule has 25 heavy (non-hydrogen) atoms. The fraction of sp³-hybridized carbons (Fsp3) is 0.316. The van der Waals surface area contributed by atoms with Gasteiger partial charge in [-0.25, -0.2) is 4.39 Å². The molecule has 0 aliphatic carbocycles. The molecule has 0 heterocycles. The van der Waals surface area contributed by atoms with Gasteiger partial charge in [0.2, 0.25) is 5.91 Å². The number of methoxy groups -OCH3 is 1. The van der Waals surface area contributed by atoms with Crippen molar-refractivity contribution < 1.29 is 18.7 Å². The van der Waals surface area contributed by atoms with E-state index in [-0.39, 0.29) is 18.2 Å². The van der Waals surface area contributed by atoms with Gasteiger partial charge in [0.25, 0.3) is 0 Å². The first-order valence-electron chi connectivity index (χ1n) is 7.97. The van der Waals surface area contributed by atoms with Gasteiger partial charge in [-0.2, -0.15) is 0 Å². The molecule has 0 spiro atoms. The SMILES string of the molecule is COc1ccc(CNC(=O)CCCOc2ccc(Cl)c(C)c2)cc1F. The predicted octanol–water partition coefficient (Wildman–Crippen LogP) is 4.27. The molecular weight excluding hydrogens is 345 g/mol. The first-order chi connectivity index (χ1) is 12.0. The minimum absolute atomic E-state index is 0.105. The maximum Gasteiger partial charge on any atom is 0.220 e. The number of benzene rings is 2. The number of hydrogen-bond acceptors (Lipinski definition) is 3. The summed E-state index contributed by atoms with van der Waals surface area (Å²) in [5, 5.41) is 3.46. The smallest absolute Gasteiger partial charge is 0.220 e. The molecule has 6 heteroatoms. The van der Waals surface area contributed by atoms with Crippen molar-refractivity contribution in [1.82, 2.24) is 5.32 Å². The van der Waals surface area contributed by atoms with Gasteiger partial charge in [0.15, 0.2) is 11.6 Å². The second kappa shape index (κ2) is 9.28. The van der Waals surface area contributed by atoms with Crippen LogP contribution in [0.5, 0.6) is 11.5 Å². The van der Waals surface area contributed by atoms with E-state index in [1.807, 2.05) is 13.0 Å². The Kier molecular flexibility index (Phi) is 7.07. The van der Waals surface area contributed by atoms with Crippen LogP contribution in [0.4, 0.5) is 4.39 Å². The number of nitrogens with one attached hydrogen (secondary N) is 1. The van der Waals surface area contributed by atoms with E-state index in [4.69, 9.17) is 21.1 Å². The third-order valence-corrected chi connectivity index (χ3v) is 4.08. The summed E-state index contributed by atoms with van der Waals surface area (Å²) in [4.78, 5) is 11.8. The second-order valence-corrected chi connectivity index (χ2v) is 6.02. The van der Waals surface area contributed by atoms with Gasteiger partial charge >= 0.3 is 0 Å². The summed E-state index contributed by atoms with van der Waals surface area (Å²) < 4.78 is 24.0. The van der Waals surface area contributed by atoms with E-state index in [9.17, 15) is 9.18 Å². The van der Waals surface area contributed by atoms with Crippen molar-refractivity contribution in [3.05, 3.63) is 58.4 Å². The summed E-state index contributed by atoms with van der Waals surface area (Å²) in [6, 6.07) is 10.1. The summed E-state index contributed by atoms with van der Waals surface area (Å²) in [6.45, 7) is 2.62. The van der Waals surface area contributed by atoms with Crippen molar-refractivity contribution in [2.45, 2.75) is 26.3 Å². The van der Waals surface area contributed by atoms with Crippen LogP contribution in [-0.2, 0) is 11.3 Å². The van der Waals surface area contributed by atoms with Crippen LogP contribution < -0.4 is 14.8 Å². The van der Waals surface area contributed by atoms with Crippen molar-refractivity contribution in [2.75, 3.05) is 13.7 Å². The van der Waals surface area contributed by atoms with Crippen LogP contribution in [-0.4, -0.2) is 19.6 Å². The standard InChI is InChI=1S/C19H21ClFNO3/c1-13-10-15(6-7-16(13)20)25-9-3-4-19(23)22-12-14-5-8-18(24-2)17(21)11-14/h5-8,10-11H,3-4,9,12H2,1-2H3,(H,22,23). The summed E-state index contributed by atoms with van der Waals surface area (Å²) in [7, 11) is 1.41. The Hall–Kier alpha value is -2.27. The van der Waals surface area contributed by atoms with Gasteiger partial charge in [-0.1, -0.05) is 17.7 Å². The molecule has 0 radical (unpaired) electrons. The highest BCUT2D eigenvalue weighted by Gasteiger charge is 2.06. The number of rotatable bonds is 8. The number of hydrogen-bond donors (Lipinski definition) is 1. The Bertz CT molecular complexity index is 737. The molecule has 1 N–H and O–H groups in total. The van der Waals surface area contributed by atoms with E-state index in [1.165, 1.54) is 13.2 Å². The van der Waals surface area contributed by atoms with Crippen LogP contribution in [0.1, 0.15) is 24.0 Å². The molecule has 0 aliphatic rings. The molecule has 2 rings (SSSR count). The molecular formula is C19H21ClFNO3. The average molecular weight is 366 g/mol. The Morgan fingerprint density at radius 2 is 2.04 bits per heavy atom. The van der Waals surface area contributed by atoms with E-state index in [2.05, 4.69) is 5.32 Å². The Morgan fingerprint density at radius 1 is 1.24 bits per heavy atom. The molecule has 0 bridgehead atoms. The van der Waals surface area contributed by atoms with Crippen molar-refractivity contribution >= 4 is 17.5 Å². The topological polar surface area (TPSA) is 47.6 Å². The van der Waals surface area contributed by atoms with Crippen molar-refractivity contribution in [3.8, 4) is 11.5 Å². The number of carbonyl (C=O) groups is 1. The van der Waals surface area contributed by atoms with E-state index in [0.717, 1.165) is 11.3 Å². The zero-order valence-electron chi connectivity index (χ0n) is 14.3. The highest BCUT2D eigenvalue weighted by atomic mass is 35.5. The van der Waals surface area contributed by atoms with Crippen LogP contribution in [0.3, 0.4) is 0 Å². The minimum atomic E-state index is -0.444. The molecule has 1 amide bonds. The predicted molar refractivity (Wildman–Crippen MR) is 95.7 cm³/mol. The Morgan fingerprint density at radius 3 is 2.72 bits per heavy atom. The van der Waals surface area contributed by atoms with E-state index < -0.39 is 5.82 Å². The summed E-state index contributed by atoms with van der Waals surface area (Å²) in [5.74, 6) is 0.369. The third kappa shape index (κ3) is 5.94. The van der Waals surface area contributed by atoms with Crippen LogP contribution >= 0.6 is 11.6 Å². The third-order valence-electron chi connectivity index (χ3n) is 3.65. The van der Waals surface area contributed by atoms with Gasteiger partial charge in [0.05, 0.1) is 13.7 Å². The normalized spacial score (nSPS) is 10.4. The molecule has 0 aliphatic heterocycles. The van der Waals surface area contributed by atoms with E-state index in [1.54, 1.807) is 24.3 Å². The largest absolute Gasteiger partial charge is 0.494 e. The second-order valence-electron chi connectivity index (χ2n) is 5.61. The van der Waals surface area contributed by atoms with Gasteiger partial charge < -0.3 is 14.8 Å².